The monoisotopic (exact) mass is 340 g/mol. The zero-order valence-electron chi connectivity index (χ0n) is 9.98. The lowest BCUT2D eigenvalue weighted by atomic mass is 10.2. The molecule has 2 aromatic carbocycles. The lowest BCUT2D eigenvalue weighted by molar-refractivity contribution is 0.0693. The predicted molar refractivity (Wildman–Crippen MR) is 77.4 cm³/mol. The first-order valence-electron chi connectivity index (χ1n) is 5.45. The molecule has 0 bridgehead atoms. The fraction of sp³-hybridized carbons (Fsp3) is 0.0714. The molecule has 5 heteroatoms. The zero-order valence-corrected chi connectivity index (χ0v) is 12.3. The molecule has 0 spiro atoms. The SMILES string of the molecule is Cc1cc(Oc2cccc(Br)c2C(=O)O)ccc1Cl. The third kappa shape index (κ3) is 3.08. The summed E-state index contributed by atoms with van der Waals surface area (Å²) in [6, 6.07) is 10.2. The molecule has 0 amide bonds. The molecule has 0 atom stereocenters. The van der Waals surface area contributed by atoms with Gasteiger partial charge in [0, 0.05) is 9.50 Å². The van der Waals surface area contributed by atoms with Crippen LogP contribution in [0.5, 0.6) is 11.5 Å². The van der Waals surface area contributed by atoms with Crippen molar-refractivity contribution in [3.8, 4) is 11.5 Å². The van der Waals surface area contributed by atoms with Crippen molar-refractivity contribution >= 4 is 33.5 Å². The van der Waals surface area contributed by atoms with Crippen LogP contribution in [0.1, 0.15) is 15.9 Å². The van der Waals surface area contributed by atoms with E-state index in [0.717, 1.165) is 5.56 Å². The van der Waals surface area contributed by atoms with Crippen molar-refractivity contribution in [2.24, 2.45) is 0 Å². The Morgan fingerprint density at radius 2 is 2.05 bits per heavy atom. The van der Waals surface area contributed by atoms with Gasteiger partial charge in [-0.15, -0.1) is 0 Å². The summed E-state index contributed by atoms with van der Waals surface area (Å²) in [7, 11) is 0. The van der Waals surface area contributed by atoms with Crippen LogP contribution < -0.4 is 4.74 Å². The van der Waals surface area contributed by atoms with E-state index in [1.165, 1.54) is 0 Å². The molecular formula is C14H10BrClO3. The first kappa shape index (κ1) is 13.9. The second-order valence-corrected chi connectivity index (χ2v) is 5.19. The largest absolute Gasteiger partial charge is 0.478 e. The topological polar surface area (TPSA) is 46.5 Å². The number of halogens is 2. The van der Waals surface area contributed by atoms with Crippen LogP contribution in [0, 0.1) is 6.92 Å². The summed E-state index contributed by atoms with van der Waals surface area (Å²) >= 11 is 9.14. The predicted octanol–water partition coefficient (Wildman–Crippen LogP) is 4.90. The van der Waals surface area contributed by atoms with Crippen LogP contribution >= 0.6 is 27.5 Å². The van der Waals surface area contributed by atoms with Crippen molar-refractivity contribution in [2.75, 3.05) is 0 Å². The van der Waals surface area contributed by atoms with Gasteiger partial charge in [-0.05, 0) is 58.7 Å². The number of hydrogen-bond acceptors (Lipinski definition) is 2. The average Bonchev–Trinajstić information content (AvgIpc) is 2.33. The van der Waals surface area contributed by atoms with E-state index in [2.05, 4.69) is 15.9 Å². The van der Waals surface area contributed by atoms with Gasteiger partial charge in [-0.3, -0.25) is 0 Å². The second-order valence-electron chi connectivity index (χ2n) is 3.93. The highest BCUT2D eigenvalue weighted by atomic mass is 79.9. The maximum absolute atomic E-state index is 11.2. The number of ether oxygens (including phenoxy) is 1. The Balaban J connectivity index is 2.40. The Hall–Kier alpha value is -1.52. The summed E-state index contributed by atoms with van der Waals surface area (Å²) in [6.07, 6.45) is 0. The van der Waals surface area contributed by atoms with Gasteiger partial charge in [-0.2, -0.15) is 0 Å². The van der Waals surface area contributed by atoms with Crippen molar-refractivity contribution in [1.29, 1.82) is 0 Å². The summed E-state index contributed by atoms with van der Waals surface area (Å²) in [5, 5.41) is 9.83. The maximum Gasteiger partial charge on any atom is 0.340 e. The highest BCUT2D eigenvalue weighted by molar-refractivity contribution is 9.10. The first-order chi connectivity index (χ1) is 8.99. The van der Waals surface area contributed by atoms with Crippen molar-refractivity contribution in [3.63, 3.8) is 0 Å². The number of aromatic carboxylic acids is 1. The summed E-state index contributed by atoms with van der Waals surface area (Å²) in [6.45, 7) is 1.86. The van der Waals surface area contributed by atoms with E-state index in [4.69, 9.17) is 16.3 Å². The van der Waals surface area contributed by atoms with Crippen LogP contribution in [0.15, 0.2) is 40.9 Å². The number of aryl methyl sites for hydroxylation is 1. The third-order valence-corrected chi connectivity index (χ3v) is 3.63. The first-order valence-corrected chi connectivity index (χ1v) is 6.62. The summed E-state index contributed by atoms with van der Waals surface area (Å²) in [5.74, 6) is -0.223. The molecule has 0 fully saturated rings. The molecule has 19 heavy (non-hydrogen) atoms. The van der Waals surface area contributed by atoms with Crippen molar-refractivity contribution < 1.29 is 14.6 Å². The molecule has 0 aliphatic rings. The molecule has 2 rings (SSSR count). The number of carboxylic acid groups (broad SMARTS) is 1. The Labute approximate surface area is 123 Å². The Morgan fingerprint density at radius 3 is 2.68 bits per heavy atom. The molecule has 2 aromatic rings. The van der Waals surface area contributed by atoms with Gasteiger partial charge in [0.15, 0.2) is 0 Å². The summed E-state index contributed by atoms with van der Waals surface area (Å²) < 4.78 is 6.09. The van der Waals surface area contributed by atoms with Gasteiger partial charge in [0.1, 0.15) is 17.1 Å². The molecule has 0 heterocycles. The van der Waals surface area contributed by atoms with E-state index in [0.29, 0.717) is 15.2 Å². The molecule has 0 aliphatic heterocycles. The second kappa shape index (κ2) is 5.63. The zero-order chi connectivity index (χ0) is 14.0. The minimum Gasteiger partial charge on any atom is -0.478 e. The third-order valence-electron chi connectivity index (χ3n) is 2.55. The van der Waals surface area contributed by atoms with E-state index in [9.17, 15) is 9.90 Å². The van der Waals surface area contributed by atoms with Gasteiger partial charge in [-0.25, -0.2) is 4.79 Å². The maximum atomic E-state index is 11.2. The Morgan fingerprint density at radius 1 is 1.32 bits per heavy atom. The van der Waals surface area contributed by atoms with E-state index in [1.54, 1.807) is 36.4 Å². The van der Waals surface area contributed by atoms with Gasteiger partial charge in [0.2, 0.25) is 0 Å². The van der Waals surface area contributed by atoms with Crippen LogP contribution in [0.2, 0.25) is 5.02 Å². The minimum absolute atomic E-state index is 0.0927. The summed E-state index contributed by atoms with van der Waals surface area (Å²) in [5.41, 5.74) is 0.959. The normalized spacial score (nSPS) is 10.3. The van der Waals surface area contributed by atoms with E-state index in [1.807, 2.05) is 6.92 Å². The Bertz CT molecular complexity index is 641. The molecule has 0 saturated carbocycles. The van der Waals surface area contributed by atoms with Gasteiger partial charge < -0.3 is 9.84 Å². The number of carboxylic acids is 1. The molecular weight excluding hydrogens is 332 g/mol. The molecule has 0 radical (unpaired) electrons. The van der Waals surface area contributed by atoms with Crippen LogP contribution in [-0.2, 0) is 0 Å². The number of rotatable bonds is 3. The van der Waals surface area contributed by atoms with Gasteiger partial charge in [0.25, 0.3) is 0 Å². The van der Waals surface area contributed by atoms with Crippen LogP contribution in [0.3, 0.4) is 0 Å². The smallest absolute Gasteiger partial charge is 0.340 e. The molecule has 0 aliphatic carbocycles. The fourth-order valence-electron chi connectivity index (χ4n) is 1.60. The van der Waals surface area contributed by atoms with Crippen molar-refractivity contribution in [1.82, 2.24) is 0 Å². The van der Waals surface area contributed by atoms with Crippen molar-refractivity contribution in [2.45, 2.75) is 6.92 Å². The molecule has 3 nitrogen and oxygen atoms in total. The van der Waals surface area contributed by atoms with E-state index < -0.39 is 5.97 Å². The lowest BCUT2D eigenvalue weighted by Gasteiger charge is -2.10. The number of hydrogen-bond donors (Lipinski definition) is 1. The van der Waals surface area contributed by atoms with Crippen LogP contribution in [0.4, 0.5) is 0 Å². The number of carbonyl (C=O) groups is 1. The number of benzene rings is 2. The summed E-state index contributed by atoms with van der Waals surface area (Å²) in [4.78, 5) is 11.2. The fourth-order valence-corrected chi connectivity index (χ4v) is 2.24. The Kier molecular flexibility index (Phi) is 4.12. The average molecular weight is 342 g/mol. The van der Waals surface area contributed by atoms with E-state index >= 15 is 0 Å². The van der Waals surface area contributed by atoms with E-state index in [-0.39, 0.29) is 11.3 Å². The van der Waals surface area contributed by atoms with Crippen LogP contribution in [-0.4, -0.2) is 11.1 Å². The molecule has 0 unspecified atom stereocenters. The standard InChI is InChI=1S/C14H10BrClO3/c1-8-7-9(5-6-11(8)16)19-12-4-2-3-10(15)13(12)14(17)18/h2-7H,1H3,(H,17,18). The van der Waals surface area contributed by atoms with Gasteiger partial charge in [0.05, 0.1) is 0 Å². The van der Waals surface area contributed by atoms with Gasteiger partial charge in [-0.1, -0.05) is 17.7 Å². The quantitative estimate of drug-likeness (QED) is 0.863. The van der Waals surface area contributed by atoms with Crippen LogP contribution in [0.25, 0.3) is 0 Å². The molecule has 1 N–H and O–H groups in total. The lowest BCUT2D eigenvalue weighted by Crippen LogP contribution is -2.01. The van der Waals surface area contributed by atoms with Crippen molar-refractivity contribution in [3.05, 3.63) is 57.0 Å². The highest BCUT2D eigenvalue weighted by Crippen LogP contribution is 2.32. The minimum atomic E-state index is -1.05. The highest BCUT2D eigenvalue weighted by Gasteiger charge is 2.15. The molecule has 0 aromatic heterocycles. The molecule has 0 saturated heterocycles. The molecule has 98 valence electrons. The van der Waals surface area contributed by atoms with Gasteiger partial charge >= 0.3 is 5.97 Å².